The molecule has 5 heteroatoms. The van der Waals surface area contributed by atoms with E-state index in [4.69, 9.17) is 5.11 Å². The van der Waals surface area contributed by atoms with Crippen molar-refractivity contribution in [3.05, 3.63) is 47.1 Å². The van der Waals surface area contributed by atoms with Crippen molar-refractivity contribution in [1.82, 2.24) is 0 Å². The Hall–Kier alpha value is -1.75. The number of hydrogen-bond acceptors (Lipinski definition) is 4. The Morgan fingerprint density at radius 2 is 1.59 bits per heavy atom. The Labute approximate surface area is 99.4 Å². The molecule has 1 aromatic carbocycles. The van der Waals surface area contributed by atoms with E-state index in [2.05, 4.69) is 0 Å². The fourth-order valence-corrected chi connectivity index (χ4v) is 3.02. The van der Waals surface area contributed by atoms with Gasteiger partial charge in [-0.2, -0.15) is 0 Å². The maximum Gasteiger partial charge on any atom is 0.202 e. The van der Waals surface area contributed by atoms with E-state index in [1.54, 1.807) is 0 Å². The number of aliphatic hydroxyl groups is 1. The van der Waals surface area contributed by atoms with E-state index in [0.29, 0.717) is 12.8 Å². The van der Waals surface area contributed by atoms with Gasteiger partial charge in [-0.3, -0.25) is 0 Å². The van der Waals surface area contributed by atoms with Gasteiger partial charge in [-0.05, 0) is 42.8 Å². The number of allylic oxidation sites excluding steroid dienone is 4. The zero-order chi connectivity index (χ0) is 12.5. The lowest BCUT2D eigenvalue weighted by atomic mass is 10.2. The molecule has 1 aliphatic rings. The number of sulfone groups is 1. The highest BCUT2D eigenvalue weighted by Crippen LogP contribution is 2.27. The van der Waals surface area contributed by atoms with Crippen LogP contribution in [0.4, 0.5) is 0 Å². The molecule has 0 fully saturated rings. The largest absolute Gasteiger partial charge is 0.512 e. The zero-order valence-corrected chi connectivity index (χ0v) is 9.81. The molecule has 90 valence electrons. The lowest BCUT2D eigenvalue weighted by Crippen LogP contribution is -2.07. The molecule has 0 radical (unpaired) electrons. The van der Waals surface area contributed by atoms with Crippen molar-refractivity contribution < 1.29 is 18.6 Å². The normalized spacial score (nSPS) is 16.2. The van der Waals surface area contributed by atoms with E-state index < -0.39 is 9.84 Å². The Morgan fingerprint density at radius 3 is 2.12 bits per heavy atom. The van der Waals surface area contributed by atoms with Crippen LogP contribution in [-0.4, -0.2) is 18.6 Å². The predicted octanol–water partition coefficient (Wildman–Crippen LogP) is 2.29. The summed E-state index contributed by atoms with van der Waals surface area (Å²) in [5.74, 6) is 0.216. The first-order valence-electron chi connectivity index (χ1n) is 5.13. The summed E-state index contributed by atoms with van der Waals surface area (Å²) in [6.07, 6.45) is 3.45. The van der Waals surface area contributed by atoms with Crippen LogP contribution in [0, 0.1) is 0 Å². The average Bonchev–Trinajstić information content (AvgIpc) is 2.30. The highest BCUT2D eigenvalue weighted by atomic mass is 32.2. The third-order valence-electron chi connectivity index (χ3n) is 2.58. The van der Waals surface area contributed by atoms with Crippen molar-refractivity contribution in [2.75, 3.05) is 0 Å². The maximum absolute atomic E-state index is 12.1. The molecule has 0 unspecified atom stereocenters. The number of rotatable bonds is 2. The SMILES string of the molecule is O=S(=O)(C1=CC=C(O)CC1)c1ccc(O)cc1. The van der Waals surface area contributed by atoms with Crippen LogP contribution >= 0.6 is 0 Å². The first kappa shape index (κ1) is 11.7. The van der Waals surface area contributed by atoms with E-state index in [1.165, 1.54) is 36.4 Å². The summed E-state index contributed by atoms with van der Waals surface area (Å²) in [6, 6.07) is 5.40. The van der Waals surface area contributed by atoms with E-state index in [-0.39, 0.29) is 21.3 Å². The molecule has 1 aromatic rings. The van der Waals surface area contributed by atoms with Crippen LogP contribution in [0.15, 0.2) is 52.0 Å². The molecule has 0 aliphatic heterocycles. The van der Waals surface area contributed by atoms with Crippen molar-refractivity contribution >= 4 is 9.84 Å². The summed E-state index contributed by atoms with van der Waals surface area (Å²) in [4.78, 5) is 0.428. The topological polar surface area (TPSA) is 74.6 Å². The summed E-state index contributed by atoms with van der Waals surface area (Å²) in [5.41, 5.74) is 0. The first-order valence-corrected chi connectivity index (χ1v) is 6.61. The second-order valence-corrected chi connectivity index (χ2v) is 5.79. The molecule has 0 amide bonds. The highest BCUT2D eigenvalue weighted by molar-refractivity contribution is 7.95. The van der Waals surface area contributed by atoms with Crippen LogP contribution in [0.1, 0.15) is 12.8 Å². The maximum atomic E-state index is 12.1. The van der Waals surface area contributed by atoms with Gasteiger partial charge in [-0.25, -0.2) is 8.42 Å². The number of hydrogen-bond donors (Lipinski definition) is 2. The Kier molecular flexibility index (Phi) is 2.93. The van der Waals surface area contributed by atoms with Crippen molar-refractivity contribution in [1.29, 1.82) is 0 Å². The number of phenols is 1. The van der Waals surface area contributed by atoms with Gasteiger partial charge >= 0.3 is 0 Å². The van der Waals surface area contributed by atoms with Gasteiger partial charge in [0.05, 0.1) is 10.7 Å². The van der Waals surface area contributed by atoms with E-state index >= 15 is 0 Å². The van der Waals surface area contributed by atoms with Crippen molar-refractivity contribution in [3.8, 4) is 5.75 Å². The zero-order valence-electron chi connectivity index (χ0n) is 9.00. The van der Waals surface area contributed by atoms with Gasteiger partial charge in [0.25, 0.3) is 0 Å². The van der Waals surface area contributed by atoms with Gasteiger partial charge in [0.2, 0.25) is 9.84 Å². The summed E-state index contributed by atoms with van der Waals surface area (Å²) in [5, 5.41) is 18.3. The quantitative estimate of drug-likeness (QED) is 0.846. The van der Waals surface area contributed by atoms with Crippen LogP contribution < -0.4 is 0 Å². The molecule has 0 heterocycles. The van der Waals surface area contributed by atoms with Gasteiger partial charge in [0, 0.05) is 11.3 Å². The number of phenolic OH excluding ortho intramolecular Hbond substituents is 1. The monoisotopic (exact) mass is 252 g/mol. The summed E-state index contributed by atoms with van der Waals surface area (Å²) < 4.78 is 24.3. The van der Waals surface area contributed by atoms with Gasteiger partial charge in [-0.1, -0.05) is 0 Å². The molecule has 1 aliphatic carbocycles. The van der Waals surface area contributed by atoms with Gasteiger partial charge < -0.3 is 10.2 Å². The Morgan fingerprint density at radius 1 is 0.941 bits per heavy atom. The van der Waals surface area contributed by atoms with Crippen molar-refractivity contribution in [2.45, 2.75) is 17.7 Å². The molecule has 17 heavy (non-hydrogen) atoms. The minimum atomic E-state index is -3.51. The fraction of sp³-hybridized carbons (Fsp3) is 0.167. The number of benzene rings is 1. The first-order chi connectivity index (χ1) is 8.00. The van der Waals surface area contributed by atoms with Gasteiger partial charge in [0.15, 0.2) is 0 Å². The van der Waals surface area contributed by atoms with E-state index in [1.807, 2.05) is 0 Å². The second-order valence-electron chi connectivity index (χ2n) is 3.79. The average molecular weight is 252 g/mol. The molecule has 2 N–H and O–H groups in total. The van der Waals surface area contributed by atoms with E-state index in [0.717, 1.165) is 0 Å². The van der Waals surface area contributed by atoms with Crippen LogP contribution in [0.3, 0.4) is 0 Å². The standard InChI is InChI=1S/C12H12O4S/c13-9-1-5-11(6-2-9)17(15,16)12-7-3-10(14)4-8-12/h1-3,5-7,13-14H,4,8H2. The molecule has 0 atom stereocenters. The Balaban J connectivity index is 2.41. The molecule has 0 saturated heterocycles. The van der Waals surface area contributed by atoms with Crippen LogP contribution in [0.2, 0.25) is 0 Å². The summed E-state index contributed by atoms with van der Waals surface area (Å²) in [6.45, 7) is 0. The van der Waals surface area contributed by atoms with Crippen molar-refractivity contribution in [3.63, 3.8) is 0 Å². The number of aliphatic hydroxyl groups excluding tert-OH is 1. The molecular formula is C12H12O4S. The molecule has 0 spiro atoms. The summed E-state index contributed by atoms with van der Waals surface area (Å²) in [7, 11) is -3.51. The minimum absolute atomic E-state index is 0.0270. The highest BCUT2D eigenvalue weighted by Gasteiger charge is 2.22. The third-order valence-corrected chi connectivity index (χ3v) is 4.50. The van der Waals surface area contributed by atoms with Gasteiger partial charge in [0.1, 0.15) is 5.75 Å². The molecule has 2 rings (SSSR count). The van der Waals surface area contributed by atoms with E-state index in [9.17, 15) is 13.5 Å². The van der Waals surface area contributed by atoms with Crippen LogP contribution in [0.5, 0.6) is 5.75 Å². The molecule has 0 saturated carbocycles. The van der Waals surface area contributed by atoms with Crippen LogP contribution in [-0.2, 0) is 9.84 Å². The molecule has 0 bridgehead atoms. The lowest BCUT2D eigenvalue weighted by molar-refractivity contribution is 0.387. The van der Waals surface area contributed by atoms with Crippen LogP contribution in [0.25, 0.3) is 0 Å². The smallest absolute Gasteiger partial charge is 0.202 e. The molecular weight excluding hydrogens is 240 g/mol. The number of aromatic hydroxyl groups is 1. The lowest BCUT2D eigenvalue weighted by Gasteiger charge is -2.12. The second kappa shape index (κ2) is 4.25. The third kappa shape index (κ3) is 2.34. The predicted molar refractivity (Wildman–Crippen MR) is 63.3 cm³/mol. The Bertz CT molecular complexity index is 579. The summed E-state index contributed by atoms with van der Waals surface area (Å²) >= 11 is 0. The molecule has 4 nitrogen and oxygen atoms in total. The van der Waals surface area contributed by atoms with Gasteiger partial charge in [-0.15, -0.1) is 0 Å². The minimum Gasteiger partial charge on any atom is -0.512 e. The van der Waals surface area contributed by atoms with Crippen molar-refractivity contribution in [2.24, 2.45) is 0 Å². The fourth-order valence-electron chi connectivity index (χ4n) is 1.61. The molecule has 0 aromatic heterocycles.